The van der Waals surface area contributed by atoms with E-state index in [2.05, 4.69) is 20.3 Å². The zero-order valence-electron chi connectivity index (χ0n) is 12.4. The molecule has 22 heavy (non-hydrogen) atoms. The summed E-state index contributed by atoms with van der Waals surface area (Å²) >= 11 is 0. The molecular formula is C16H19N5O. The van der Waals surface area contributed by atoms with Gasteiger partial charge in [0.2, 0.25) is 0 Å². The number of carbonyl (C=O) groups excluding carboxylic acids is 1. The van der Waals surface area contributed by atoms with Crippen LogP contribution in [0.5, 0.6) is 0 Å². The molecule has 1 N–H and O–H groups in total. The summed E-state index contributed by atoms with van der Waals surface area (Å²) in [7, 11) is 0. The van der Waals surface area contributed by atoms with Gasteiger partial charge < -0.3 is 10.2 Å². The minimum atomic E-state index is -0.152. The quantitative estimate of drug-likeness (QED) is 0.914. The number of piperidine rings is 3. The summed E-state index contributed by atoms with van der Waals surface area (Å²) in [6, 6.07) is 5.80. The van der Waals surface area contributed by atoms with Gasteiger partial charge >= 0.3 is 6.03 Å². The first kappa shape index (κ1) is 13.5. The Kier molecular flexibility index (Phi) is 3.38. The van der Waals surface area contributed by atoms with Crippen molar-refractivity contribution in [3.05, 3.63) is 36.8 Å². The number of carbonyl (C=O) groups is 1. The third-order valence-corrected chi connectivity index (χ3v) is 4.72. The fourth-order valence-corrected chi connectivity index (χ4v) is 3.45. The van der Waals surface area contributed by atoms with Crippen molar-refractivity contribution in [2.75, 3.05) is 19.6 Å². The third-order valence-electron chi connectivity index (χ3n) is 4.72. The van der Waals surface area contributed by atoms with Gasteiger partial charge in [-0.3, -0.25) is 4.98 Å². The lowest BCUT2D eigenvalue weighted by molar-refractivity contribution is 0.0765. The highest BCUT2D eigenvalue weighted by Gasteiger charge is 2.35. The first-order valence-corrected chi connectivity index (χ1v) is 7.79. The maximum Gasteiger partial charge on any atom is 0.342 e. The van der Waals surface area contributed by atoms with Crippen LogP contribution in [0.25, 0.3) is 11.3 Å². The molecule has 0 unspecified atom stereocenters. The van der Waals surface area contributed by atoms with Crippen molar-refractivity contribution in [2.24, 2.45) is 5.92 Å². The van der Waals surface area contributed by atoms with E-state index in [4.69, 9.17) is 0 Å². The van der Waals surface area contributed by atoms with Crippen LogP contribution in [0.4, 0.5) is 4.79 Å². The average molecular weight is 297 g/mol. The molecule has 1 amide bonds. The van der Waals surface area contributed by atoms with E-state index in [1.54, 1.807) is 18.6 Å². The minimum absolute atomic E-state index is 0.152. The second-order valence-electron chi connectivity index (χ2n) is 6.08. The number of fused-ring (bicyclic) bond motifs is 3. The fourth-order valence-electron chi connectivity index (χ4n) is 3.45. The van der Waals surface area contributed by atoms with Gasteiger partial charge in [0.15, 0.2) is 0 Å². The Labute approximate surface area is 129 Å². The van der Waals surface area contributed by atoms with Gasteiger partial charge in [-0.05, 0) is 44.0 Å². The molecule has 1 atom stereocenters. The normalized spacial score (nSPS) is 26.8. The Hall–Kier alpha value is -2.21. The van der Waals surface area contributed by atoms with Crippen LogP contribution in [-0.4, -0.2) is 51.4 Å². The molecule has 2 bridgehead atoms. The molecule has 114 valence electrons. The summed E-state index contributed by atoms with van der Waals surface area (Å²) in [5.41, 5.74) is 1.68. The lowest BCUT2D eigenvalue weighted by Gasteiger charge is -2.44. The van der Waals surface area contributed by atoms with Crippen LogP contribution >= 0.6 is 0 Å². The molecule has 5 heterocycles. The number of hydrogen-bond acceptors (Lipinski definition) is 4. The molecule has 3 aliphatic heterocycles. The molecule has 5 rings (SSSR count). The van der Waals surface area contributed by atoms with E-state index < -0.39 is 0 Å². The van der Waals surface area contributed by atoms with Crippen LogP contribution in [0, 0.1) is 5.92 Å². The van der Waals surface area contributed by atoms with E-state index in [1.165, 1.54) is 30.6 Å². The molecule has 6 heteroatoms. The van der Waals surface area contributed by atoms with E-state index in [0.717, 1.165) is 17.8 Å². The first-order valence-electron chi connectivity index (χ1n) is 7.79. The summed E-state index contributed by atoms with van der Waals surface area (Å²) in [4.78, 5) is 19.1. The molecule has 2 aromatic heterocycles. The lowest BCUT2D eigenvalue weighted by atomic mass is 9.84. The largest absolute Gasteiger partial charge is 0.342 e. The van der Waals surface area contributed by atoms with E-state index in [-0.39, 0.29) is 12.1 Å². The van der Waals surface area contributed by atoms with Crippen LogP contribution in [0.2, 0.25) is 0 Å². The van der Waals surface area contributed by atoms with Gasteiger partial charge in [-0.25, -0.2) is 4.79 Å². The van der Waals surface area contributed by atoms with E-state index in [1.807, 2.05) is 18.2 Å². The SMILES string of the molecule is O=C(N[C@H]1CN2CCC1CC2)n1cc(-c2ccccn2)cn1. The zero-order chi connectivity index (χ0) is 14.9. The standard InChI is InChI=1S/C16H19N5O/c22-16(19-15-11-20-7-4-12(15)5-8-20)21-10-13(9-18-21)14-3-1-2-6-17-14/h1-3,6,9-10,12,15H,4-5,7-8,11H2,(H,19,22)/t15-/m0/s1. The smallest absolute Gasteiger partial charge is 0.332 e. The summed E-state index contributed by atoms with van der Waals surface area (Å²) in [5.74, 6) is 0.611. The van der Waals surface area contributed by atoms with Crippen molar-refractivity contribution in [3.8, 4) is 11.3 Å². The van der Waals surface area contributed by atoms with Crippen molar-refractivity contribution >= 4 is 6.03 Å². The van der Waals surface area contributed by atoms with Crippen LogP contribution in [0.15, 0.2) is 36.8 Å². The Morgan fingerprint density at radius 3 is 2.82 bits per heavy atom. The Morgan fingerprint density at radius 1 is 1.27 bits per heavy atom. The molecule has 0 saturated carbocycles. The maximum atomic E-state index is 12.4. The molecule has 0 aliphatic carbocycles. The van der Waals surface area contributed by atoms with Gasteiger partial charge in [0.1, 0.15) is 0 Å². The molecule has 3 aliphatic rings. The second kappa shape index (κ2) is 5.53. The van der Waals surface area contributed by atoms with Crippen molar-refractivity contribution in [2.45, 2.75) is 18.9 Å². The van der Waals surface area contributed by atoms with Crippen LogP contribution in [-0.2, 0) is 0 Å². The number of pyridine rings is 1. The molecule has 0 radical (unpaired) electrons. The first-order chi connectivity index (χ1) is 10.8. The van der Waals surface area contributed by atoms with Crippen molar-refractivity contribution < 1.29 is 4.79 Å². The molecule has 3 fully saturated rings. The molecular weight excluding hydrogens is 278 g/mol. The highest BCUT2D eigenvalue weighted by Crippen LogP contribution is 2.27. The second-order valence-corrected chi connectivity index (χ2v) is 6.08. The molecule has 6 nitrogen and oxygen atoms in total. The monoisotopic (exact) mass is 297 g/mol. The van der Waals surface area contributed by atoms with E-state index in [0.29, 0.717) is 5.92 Å². The maximum absolute atomic E-state index is 12.4. The minimum Gasteiger partial charge on any atom is -0.332 e. The Balaban J connectivity index is 1.46. The van der Waals surface area contributed by atoms with Gasteiger partial charge in [-0.2, -0.15) is 9.78 Å². The van der Waals surface area contributed by atoms with Gasteiger partial charge in [0.25, 0.3) is 0 Å². The summed E-state index contributed by atoms with van der Waals surface area (Å²) < 4.78 is 1.38. The Bertz CT molecular complexity index is 660. The lowest BCUT2D eigenvalue weighted by Crippen LogP contribution is -2.57. The molecule has 0 aromatic carbocycles. The number of nitrogens with zero attached hydrogens (tertiary/aromatic N) is 4. The van der Waals surface area contributed by atoms with E-state index >= 15 is 0 Å². The van der Waals surface area contributed by atoms with E-state index in [9.17, 15) is 4.79 Å². The number of amides is 1. The molecule has 2 aromatic rings. The van der Waals surface area contributed by atoms with Crippen molar-refractivity contribution in [1.29, 1.82) is 0 Å². The molecule has 3 saturated heterocycles. The van der Waals surface area contributed by atoms with Crippen LogP contribution < -0.4 is 5.32 Å². The predicted molar refractivity (Wildman–Crippen MR) is 82.3 cm³/mol. The highest BCUT2D eigenvalue weighted by atomic mass is 16.2. The topological polar surface area (TPSA) is 63.1 Å². The van der Waals surface area contributed by atoms with Gasteiger partial charge in [0.05, 0.1) is 11.9 Å². The summed E-state index contributed by atoms with van der Waals surface area (Å²) in [5, 5.41) is 7.30. The number of hydrogen-bond donors (Lipinski definition) is 1. The van der Waals surface area contributed by atoms with Crippen LogP contribution in [0.3, 0.4) is 0 Å². The van der Waals surface area contributed by atoms with Gasteiger partial charge in [0, 0.05) is 30.5 Å². The third kappa shape index (κ3) is 2.50. The van der Waals surface area contributed by atoms with Crippen molar-refractivity contribution in [3.63, 3.8) is 0 Å². The number of nitrogens with one attached hydrogen (secondary N) is 1. The van der Waals surface area contributed by atoms with Crippen LogP contribution in [0.1, 0.15) is 12.8 Å². The zero-order valence-corrected chi connectivity index (χ0v) is 12.4. The predicted octanol–water partition coefficient (Wildman–Crippen LogP) is 1.60. The highest BCUT2D eigenvalue weighted by molar-refractivity contribution is 5.77. The Morgan fingerprint density at radius 2 is 2.14 bits per heavy atom. The summed E-state index contributed by atoms with van der Waals surface area (Å²) in [6.07, 6.45) is 7.52. The molecule has 0 spiro atoms. The average Bonchev–Trinajstić information content (AvgIpc) is 3.07. The number of aromatic nitrogens is 3. The van der Waals surface area contributed by atoms with Gasteiger partial charge in [-0.15, -0.1) is 0 Å². The van der Waals surface area contributed by atoms with Gasteiger partial charge in [-0.1, -0.05) is 6.07 Å². The van der Waals surface area contributed by atoms with Crippen molar-refractivity contribution in [1.82, 2.24) is 25.0 Å². The number of rotatable bonds is 2. The fraction of sp³-hybridized carbons (Fsp3) is 0.438. The summed E-state index contributed by atoms with van der Waals surface area (Å²) in [6.45, 7) is 3.30.